The molecular weight excluding hydrogens is 262 g/mol. The van der Waals surface area contributed by atoms with Crippen LogP contribution in [0.25, 0.3) is 6.08 Å². The van der Waals surface area contributed by atoms with Crippen LogP contribution >= 0.6 is 0 Å². The number of rotatable bonds is 5. The Balaban J connectivity index is 1.90. The molecule has 108 valence electrons. The van der Waals surface area contributed by atoms with Crippen molar-refractivity contribution in [1.82, 2.24) is 5.32 Å². The molecule has 2 aromatic carbocycles. The van der Waals surface area contributed by atoms with Gasteiger partial charge in [0.25, 0.3) is 0 Å². The minimum Gasteiger partial charge on any atom is -0.497 e. The highest BCUT2D eigenvalue weighted by Crippen LogP contribution is 2.12. The lowest BCUT2D eigenvalue weighted by Crippen LogP contribution is -2.20. The number of hydrogen-bond acceptors (Lipinski definition) is 2. The smallest absolute Gasteiger partial charge is 0.244 e. The summed E-state index contributed by atoms with van der Waals surface area (Å²) < 4.78 is 5.15. The minimum absolute atomic E-state index is 0.112. The molecule has 0 heterocycles. The SMILES string of the molecule is COc1cccc(CNC(=O)/C=C/c2cccc(C)c2)c1. The van der Waals surface area contributed by atoms with E-state index in [1.165, 1.54) is 5.56 Å². The van der Waals surface area contributed by atoms with Crippen molar-refractivity contribution in [3.63, 3.8) is 0 Å². The molecule has 2 rings (SSSR count). The molecule has 21 heavy (non-hydrogen) atoms. The molecule has 3 heteroatoms. The predicted molar refractivity (Wildman–Crippen MR) is 85.1 cm³/mol. The fourth-order valence-electron chi connectivity index (χ4n) is 1.98. The number of ether oxygens (including phenoxy) is 1. The summed E-state index contributed by atoms with van der Waals surface area (Å²) in [5.41, 5.74) is 3.20. The summed E-state index contributed by atoms with van der Waals surface area (Å²) in [5.74, 6) is 0.677. The summed E-state index contributed by atoms with van der Waals surface area (Å²) in [6, 6.07) is 15.7. The average Bonchev–Trinajstić information content (AvgIpc) is 2.51. The average molecular weight is 281 g/mol. The van der Waals surface area contributed by atoms with Crippen molar-refractivity contribution >= 4 is 12.0 Å². The molecule has 0 saturated heterocycles. The van der Waals surface area contributed by atoms with Crippen molar-refractivity contribution in [1.29, 1.82) is 0 Å². The number of hydrogen-bond donors (Lipinski definition) is 1. The van der Waals surface area contributed by atoms with E-state index in [1.807, 2.05) is 61.5 Å². The molecule has 0 saturated carbocycles. The first-order valence-electron chi connectivity index (χ1n) is 6.83. The normalized spacial score (nSPS) is 10.6. The zero-order chi connectivity index (χ0) is 15.1. The molecule has 0 radical (unpaired) electrons. The van der Waals surface area contributed by atoms with E-state index in [9.17, 15) is 4.79 Å². The van der Waals surface area contributed by atoms with E-state index in [-0.39, 0.29) is 5.91 Å². The van der Waals surface area contributed by atoms with Crippen LogP contribution in [0.2, 0.25) is 0 Å². The van der Waals surface area contributed by atoms with Crippen molar-refractivity contribution in [3.05, 3.63) is 71.3 Å². The Labute approximate surface area is 125 Å². The zero-order valence-electron chi connectivity index (χ0n) is 12.3. The molecule has 0 aliphatic heterocycles. The number of amides is 1. The molecule has 0 atom stereocenters. The lowest BCUT2D eigenvalue weighted by molar-refractivity contribution is -0.116. The highest BCUT2D eigenvalue weighted by molar-refractivity contribution is 5.91. The van der Waals surface area contributed by atoms with Gasteiger partial charge in [0.2, 0.25) is 5.91 Å². The van der Waals surface area contributed by atoms with Gasteiger partial charge in [-0.1, -0.05) is 42.0 Å². The Hall–Kier alpha value is -2.55. The molecule has 1 N–H and O–H groups in total. The Morgan fingerprint density at radius 2 is 2.00 bits per heavy atom. The van der Waals surface area contributed by atoms with Gasteiger partial charge in [0.1, 0.15) is 5.75 Å². The number of carbonyl (C=O) groups is 1. The van der Waals surface area contributed by atoms with E-state index < -0.39 is 0 Å². The lowest BCUT2D eigenvalue weighted by atomic mass is 10.1. The number of methoxy groups -OCH3 is 1. The number of aryl methyl sites for hydroxylation is 1. The highest BCUT2D eigenvalue weighted by atomic mass is 16.5. The number of carbonyl (C=O) groups excluding carboxylic acids is 1. The van der Waals surface area contributed by atoms with Crippen LogP contribution < -0.4 is 10.1 Å². The summed E-state index contributed by atoms with van der Waals surface area (Å²) in [7, 11) is 1.63. The van der Waals surface area contributed by atoms with E-state index in [2.05, 4.69) is 5.32 Å². The van der Waals surface area contributed by atoms with Crippen molar-refractivity contribution in [2.45, 2.75) is 13.5 Å². The summed E-state index contributed by atoms with van der Waals surface area (Å²) in [5, 5.41) is 2.85. The lowest BCUT2D eigenvalue weighted by Gasteiger charge is -2.05. The Morgan fingerprint density at radius 1 is 1.19 bits per heavy atom. The van der Waals surface area contributed by atoms with Crippen molar-refractivity contribution in [2.75, 3.05) is 7.11 Å². The topological polar surface area (TPSA) is 38.3 Å². The largest absolute Gasteiger partial charge is 0.497 e. The van der Waals surface area contributed by atoms with Crippen LogP contribution in [0.4, 0.5) is 0 Å². The molecule has 2 aromatic rings. The Kier molecular flexibility index (Phi) is 5.16. The molecule has 0 aliphatic carbocycles. The van der Waals surface area contributed by atoms with E-state index in [1.54, 1.807) is 13.2 Å². The van der Waals surface area contributed by atoms with Gasteiger partial charge in [-0.05, 0) is 36.3 Å². The van der Waals surface area contributed by atoms with Crippen molar-refractivity contribution in [3.8, 4) is 5.75 Å². The molecule has 0 fully saturated rings. The summed E-state index contributed by atoms with van der Waals surface area (Å²) in [6.07, 6.45) is 3.36. The summed E-state index contributed by atoms with van der Waals surface area (Å²) in [4.78, 5) is 11.8. The summed E-state index contributed by atoms with van der Waals surface area (Å²) in [6.45, 7) is 2.51. The van der Waals surface area contributed by atoms with Gasteiger partial charge in [0, 0.05) is 12.6 Å². The summed E-state index contributed by atoms with van der Waals surface area (Å²) >= 11 is 0. The van der Waals surface area contributed by atoms with Gasteiger partial charge in [0.15, 0.2) is 0 Å². The van der Waals surface area contributed by atoms with Crippen LogP contribution in [0, 0.1) is 6.92 Å². The highest BCUT2D eigenvalue weighted by Gasteiger charge is 1.98. The molecule has 0 unspecified atom stereocenters. The van der Waals surface area contributed by atoms with Crippen LogP contribution in [-0.2, 0) is 11.3 Å². The van der Waals surface area contributed by atoms with Gasteiger partial charge >= 0.3 is 0 Å². The fraction of sp³-hybridized carbons (Fsp3) is 0.167. The van der Waals surface area contributed by atoms with E-state index in [0.29, 0.717) is 6.54 Å². The van der Waals surface area contributed by atoms with Gasteiger partial charge in [-0.3, -0.25) is 4.79 Å². The van der Waals surface area contributed by atoms with Crippen LogP contribution in [0.15, 0.2) is 54.6 Å². The third-order valence-electron chi connectivity index (χ3n) is 3.07. The Morgan fingerprint density at radius 3 is 2.76 bits per heavy atom. The van der Waals surface area contributed by atoms with Crippen LogP contribution in [0.1, 0.15) is 16.7 Å². The number of nitrogens with one attached hydrogen (secondary N) is 1. The standard InChI is InChI=1S/C18H19NO2/c1-14-5-3-6-15(11-14)9-10-18(20)19-13-16-7-4-8-17(12-16)21-2/h3-12H,13H2,1-2H3,(H,19,20)/b10-9+. The van der Waals surface area contributed by atoms with E-state index in [4.69, 9.17) is 4.74 Å². The fourth-order valence-corrected chi connectivity index (χ4v) is 1.98. The zero-order valence-corrected chi connectivity index (χ0v) is 12.3. The van der Waals surface area contributed by atoms with Gasteiger partial charge < -0.3 is 10.1 Å². The third-order valence-corrected chi connectivity index (χ3v) is 3.07. The van der Waals surface area contributed by atoms with Gasteiger partial charge in [-0.15, -0.1) is 0 Å². The second kappa shape index (κ2) is 7.29. The first-order valence-corrected chi connectivity index (χ1v) is 6.83. The van der Waals surface area contributed by atoms with Crippen LogP contribution in [-0.4, -0.2) is 13.0 Å². The predicted octanol–water partition coefficient (Wildman–Crippen LogP) is 3.33. The van der Waals surface area contributed by atoms with Gasteiger partial charge in [-0.2, -0.15) is 0 Å². The van der Waals surface area contributed by atoms with Gasteiger partial charge in [-0.25, -0.2) is 0 Å². The molecule has 0 spiro atoms. The second-order valence-electron chi connectivity index (χ2n) is 4.82. The molecule has 3 nitrogen and oxygen atoms in total. The maximum atomic E-state index is 11.8. The third kappa shape index (κ3) is 4.80. The monoisotopic (exact) mass is 281 g/mol. The molecule has 0 aromatic heterocycles. The second-order valence-corrected chi connectivity index (χ2v) is 4.82. The number of benzene rings is 2. The van der Waals surface area contributed by atoms with Gasteiger partial charge in [0.05, 0.1) is 7.11 Å². The van der Waals surface area contributed by atoms with Crippen molar-refractivity contribution in [2.24, 2.45) is 0 Å². The molecule has 1 amide bonds. The molecule has 0 bridgehead atoms. The minimum atomic E-state index is -0.112. The molecular formula is C18H19NO2. The maximum Gasteiger partial charge on any atom is 0.244 e. The maximum absolute atomic E-state index is 11.8. The first-order chi connectivity index (χ1) is 10.2. The quantitative estimate of drug-likeness (QED) is 0.854. The van der Waals surface area contributed by atoms with Crippen LogP contribution in [0.5, 0.6) is 5.75 Å². The molecule has 0 aliphatic rings. The van der Waals surface area contributed by atoms with Crippen molar-refractivity contribution < 1.29 is 9.53 Å². The van der Waals surface area contributed by atoms with E-state index in [0.717, 1.165) is 16.9 Å². The van der Waals surface area contributed by atoms with E-state index >= 15 is 0 Å². The van der Waals surface area contributed by atoms with Crippen LogP contribution in [0.3, 0.4) is 0 Å². The first kappa shape index (κ1) is 14.9. The Bertz CT molecular complexity index is 647.